The van der Waals surface area contributed by atoms with Crippen LogP contribution in [0.15, 0.2) is 11.1 Å². The van der Waals surface area contributed by atoms with Gasteiger partial charge >= 0.3 is 12.0 Å². The van der Waals surface area contributed by atoms with E-state index in [4.69, 9.17) is 5.11 Å². The average Bonchev–Trinajstić information content (AvgIpc) is 2.37. The minimum absolute atomic E-state index is 0.0474. The summed E-state index contributed by atoms with van der Waals surface area (Å²) < 4.78 is 0. The number of imide groups is 1. The van der Waals surface area contributed by atoms with Crippen LogP contribution in [-0.2, 0) is 9.59 Å². The number of carboxylic acid groups (broad SMARTS) is 1. The molecule has 1 rings (SSSR count). The molecule has 0 unspecified atom stereocenters. The predicted octanol–water partition coefficient (Wildman–Crippen LogP) is 1.38. The summed E-state index contributed by atoms with van der Waals surface area (Å²) in [7, 11) is 0. The van der Waals surface area contributed by atoms with E-state index in [-0.39, 0.29) is 11.1 Å². The summed E-state index contributed by atoms with van der Waals surface area (Å²) in [6.07, 6.45) is 1.84. The van der Waals surface area contributed by atoms with Crippen molar-refractivity contribution in [3.63, 3.8) is 0 Å². The smallest absolute Gasteiger partial charge is 0.331 e. The molecule has 0 atom stereocenters. The molecule has 6 nitrogen and oxygen atoms in total. The Labute approximate surface area is 112 Å². The summed E-state index contributed by atoms with van der Waals surface area (Å²) in [5, 5.41) is 11.0. The molecule has 0 aromatic heterocycles. The SMILES string of the molecule is C/C(C(=O)O)=C(\C)C(=O)NC(=O)N1CCC(C)CC1. The summed E-state index contributed by atoms with van der Waals surface area (Å²) in [5.74, 6) is -1.22. The van der Waals surface area contributed by atoms with E-state index in [0.29, 0.717) is 19.0 Å². The van der Waals surface area contributed by atoms with Crippen molar-refractivity contribution >= 4 is 17.9 Å². The van der Waals surface area contributed by atoms with E-state index < -0.39 is 17.9 Å². The van der Waals surface area contributed by atoms with E-state index in [1.807, 2.05) is 0 Å². The molecule has 1 aliphatic rings. The zero-order chi connectivity index (χ0) is 14.6. The van der Waals surface area contributed by atoms with E-state index in [1.165, 1.54) is 13.8 Å². The van der Waals surface area contributed by atoms with Crippen molar-refractivity contribution in [2.24, 2.45) is 5.92 Å². The number of amides is 3. The summed E-state index contributed by atoms with van der Waals surface area (Å²) in [6.45, 7) is 6.11. The van der Waals surface area contributed by atoms with Crippen molar-refractivity contribution in [1.82, 2.24) is 10.2 Å². The number of likely N-dealkylation sites (tertiary alicyclic amines) is 1. The van der Waals surface area contributed by atoms with Gasteiger partial charge in [0.1, 0.15) is 0 Å². The first-order chi connectivity index (χ1) is 8.82. The first-order valence-electron chi connectivity index (χ1n) is 6.34. The van der Waals surface area contributed by atoms with Crippen LogP contribution in [0, 0.1) is 5.92 Å². The lowest BCUT2D eigenvalue weighted by molar-refractivity contribution is -0.133. The van der Waals surface area contributed by atoms with Crippen LogP contribution in [0.4, 0.5) is 4.79 Å². The lowest BCUT2D eigenvalue weighted by Crippen LogP contribution is -2.46. The molecular formula is C13H20N2O4. The molecule has 0 radical (unpaired) electrons. The van der Waals surface area contributed by atoms with Gasteiger partial charge in [0.05, 0.1) is 0 Å². The van der Waals surface area contributed by atoms with Gasteiger partial charge in [0, 0.05) is 24.2 Å². The monoisotopic (exact) mass is 268 g/mol. The molecular weight excluding hydrogens is 248 g/mol. The van der Waals surface area contributed by atoms with Crippen LogP contribution in [-0.4, -0.2) is 41.0 Å². The second-order valence-corrected chi connectivity index (χ2v) is 4.98. The van der Waals surface area contributed by atoms with Gasteiger partial charge in [0.15, 0.2) is 0 Å². The molecule has 0 aliphatic carbocycles. The third-order valence-electron chi connectivity index (χ3n) is 3.52. The van der Waals surface area contributed by atoms with Gasteiger partial charge < -0.3 is 10.0 Å². The fraction of sp³-hybridized carbons (Fsp3) is 0.615. The van der Waals surface area contributed by atoms with E-state index in [9.17, 15) is 14.4 Å². The van der Waals surface area contributed by atoms with Crippen LogP contribution in [0.25, 0.3) is 0 Å². The molecule has 0 aromatic rings. The highest BCUT2D eigenvalue weighted by atomic mass is 16.4. The minimum Gasteiger partial charge on any atom is -0.478 e. The number of nitrogens with one attached hydrogen (secondary N) is 1. The number of piperidine rings is 1. The molecule has 19 heavy (non-hydrogen) atoms. The molecule has 1 fully saturated rings. The van der Waals surface area contributed by atoms with Crippen LogP contribution in [0.2, 0.25) is 0 Å². The van der Waals surface area contributed by atoms with E-state index in [2.05, 4.69) is 12.2 Å². The molecule has 1 heterocycles. The van der Waals surface area contributed by atoms with Crippen LogP contribution in [0.3, 0.4) is 0 Å². The van der Waals surface area contributed by atoms with Crippen LogP contribution < -0.4 is 5.32 Å². The highest BCUT2D eigenvalue weighted by Gasteiger charge is 2.22. The number of hydrogen-bond donors (Lipinski definition) is 2. The first kappa shape index (κ1) is 15.2. The van der Waals surface area contributed by atoms with Crippen molar-refractivity contribution in [2.45, 2.75) is 33.6 Å². The predicted molar refractivity (Wildman–Crippen MR) is 69.5 cm³/mol. The summed E-state index contributed by atoms with van der Waals surface area (Å²) >= 11 is 0. The Bertz CT molecular complexity index is 420. The molecule has 0 saturated carbocycles. The van der Waals surface area contributed by atoms with E-state index in [0.717, 1.165) is 12.8 Å². The van der Waals surface area contributed by atoms with Gasteiger partial charge in [-0.25, -0.2) is 9.59 Å². The normalized spacial score (nSPS) is 17.7. The standard InChI is InChI=1S/C13H20N2O4/c1-8-4-6-15(7-5-8)13(19)14-11(16)9(2)10(3)12(17)18/h8H,4-7H2,1-3H3,(H,17,18)(H,14,16,19)/b10-9-. The highest BCUT2D eigenvalue weighted by molar-refractivity contribution is 6.07. The lowest BCUT2D eigenvalue weighted by atomic mass is 10.00. The Morgan fingerprint density at radius 1 is 1.11 bits per heavy atom. The summed E-state index contributed by atoms with van der Waals surface area (Å²) in [5.41, 5.74) is -0.0104. The molecule has 6 heteroatoms. The van der Waals surface area contributed by atoms with Gasteiger partial charge in [-0.05, 0) is 32.6 Å². The number of carbonyl (C=O) groups is 3. The highest BCUT2D eigenvalue weighted by Crippen LogP contribution is 2.15. The quantitative estimate of drug-likeness (QED) is 0.741. The van der Waals surface area contributed by atoms with Crippen molar-refractivity contribution in [1.29, 1.82) is 0 Å². The molecule has 106 valence electrons. The number of rotatable bonds is 2. The molecule has 1 aliphatic heterocycles. The van der Waals surface area contributed by atoms with Crippen LogP contribution in [0.1, 0.15) is 33.6 Å². The summed E-state index contributed by atoms with van der Waals surface area (Å²) in [6, 6.07) is -0.450. The lowest BCUT2D eigenvalue weighted by Gasteiger charge is -2.30. The van der Waals surface area contributed by atoms with Crippen molar-refractivity contribution in [3.05, 3.63) is 11.1 Å². The van der Waals surface area contributed by atoms with Gasteiger partial charge in [-0.1, -0.05) is 6.92 Å². The Morgan fingerprint density at radius 3 is 2.11 bits per heavy atom. The Balaban J connectivity index is 2.60. The fourth-order valence-corrected chi connectivity index (χ4v) is 1.81. The van der Waals surface area contributed by atoms with Gasteiger partial charge in [0.2, 0.25) is 0 Å². The van der Waals surface area contributed by atoms with E-state index >= 15 is 0 Å². The Morgan fingerprint density at radius 2 is 1.63 bits per heavy atom. The maximum atomic E-state index is 11.8. The molecule has 0 bridgehead atoms. The molecule has 3 amide bonds. The zero-order valence-electron chi connectivity index (χ0n) is 11.5. The van der Waals surface area contributed by atoms with Gasteiger partial charge in [-0.15, -0.1) is 0 Å². The summed E-state index contributed by atoms with van der Waals surface area (Å²) in [4.78, 5) is 35.9. The molecule has 2 N–H and O–H groups in total. The average molecular weight is 268 g/mol. The maximum absolute atomic E-state index is 11.8. The minimum atomic E-state index is -1.16. The Kier molecular flexibility index (Phi) is 5.09. The van der Waals surface area contributed by atoms with Gasteiger partial charge in [-0.3, -0.25) is 10.1 Å². The van der Waals surface area contributed by atoms with E-state index in [1.54, 1.807) is 4.90 Å². The molecule has 0 aromatic carbocycles. The van der Waals surface area contributed by atoms with Gasteiger partial charge in [-0.2, -0.15) is 0 Å². The zero-order valence-corrected chi connectivity index (χ0v) is 11.5. The van der Waals surface area contributed by atoms with Crippen molar-refractivity contribution in [2.75, 3.05) is 13.1 Å². The molecule has 1 saturated heterocycles. The number of carboxylic acids is 1. The molecule has 0 spiro atoms. The van der Waals surface area contributed by atoms with Crippen molar-refractivity contribution < 1.29 is 19.5 Å². The van der Waals surface area contributed by atoms with Crippen LogP contribution in [0.5, 0.6) is 0 Å². The number of hydrogen-bond acceptors (Lipinski definition) is 3. The number of nitrogens with zero attached hydrogens (tertiary/aromatic N) is 1. The van der Waals surface area contributed by atoms with Crippen LogP contribution >= 0.6 is 0 Å². The number of aliphatic carboxylic acids is 1. The number of carbonyl (C=O) groups excluding carboxylic acids is 2. The second-order valence-electron chi connectivity index (χ2n) is 4.98. The Hall–Kier alpha value is -1.85. The third kappa shape index (κ3) is 4.08. The fourth-order valence-electron chi connectivity index (χ4n) is 1.81. The second kappa shape index (κ2) is 6.36. The number of urea groups is 1. The van der Waals surface area contributed by atoms with Crippen molar-refractivity contribution in [3.8, 4) is 0 Å². The first-order valence-corrected chi connectivity index (χ1v) is 6.34. The maximum Gasteiger partial charge on any atom is 0.331 e. The van der Waals surface area contributed by atoms with Gasteiger partial charge in [0.25, 0.3) is 5.91 Å². The topological polar surface area (TPSA) is 86.7 Å². The largest absolute Gasteiger partial charge is 0.478 e. The third-order valence-corrected chi connectivity index (χ3v) is 3.52.